The third-order valence-corrected chi connectivity index (χ3v) is 3.99. The summed E-state index contributed by atoms with van der Waals surface area (Å²) in [5.41, 5.74) is 1.81. The first kappa shape index (κ1) is 14.4. The van der Waals surface area contributed by atoms with E-state index in [4.69, 9.17) is 0 Å². The lowest BCUT2D eigenvalue weighted by molar-refractivity contribution is 0.514. The van der Waals surface area contributed by atoms with Gasteiger partial charge in [0.15, 0.2) is 0 Å². The Hall–Kier alpha value is -2.50. The van der Waals surface area contributed by atoms with Gasteiger partial charge >= 0.3 is 0 Å². The number of hydrogen-bond donors (Lipinski definition) is 0. The SMILES string of the molecule is CCc1ccc2ncn(C(C)c3ncnn3CC)c(=O)c2c1. The minimum absolute atomic E-state index is 0.0431. The van der Waals surface area contributed by atoms with Crippen LogP contribution in [0.3, 0.4) is 0 Å². The molecular formula is C16H19N5O. The van der Waals surface area contributed by atoms with E-state index in [1.807, 2.05) is 32.0 Å². The summed E-state index contributed by atoms with van der Waals surface area (Å²) in [6.45, 7) is 6.73. The molecule has 2 heterocycles. The first-order valence-electron chi connectivity index (χ1n) is 7.53. The molecule has 0 bridgehead atoms. The van der Waals surface area contributed by atoms with Gasteiger partial charge in [-0.1, -0.05) is 13.0 Å². The normalized spacial score (nSPS) is 12.7. The molecule has 0 radical (unpaired) electrons. The highest BCUT2D eigenvalue weighted by Gasteiger charge is 2.17. The fraction of sp³-hybridized carbons (Fsp3) is 0.375. The lowest BCUT2D eigenvalue weighted by atomic mass is 10.1. The molecule has 114 valence electrons. The van der Waals surface area contributed by atoms with Crippen LogP contribution >= 0.6 is 0 Å². The van der Waals surface area contributed by atoms with E-state index in [1.54, 1.807) is 15.6 Å². The van der Waals surface area contributed by atoms with Crippen LogP contribution in [0, 0.1) is 0 Å². The molecule has 0 spiro atoms. The minimum atomic E-state index is -0.211. The number of fused-ring (bicyclic) bond motifs is 1. The van der Waals surface area contributed by atoms with Crippen molar-refractivity contribution in [2.75, 3.05) is 0 Å². The van der Waals surface area contributed by atoms with Crippen molar-refractivity contribution in [1.82, 2.24) is 24.3 Å². The zero-order chi connectivity index (χ0) is 15.7. The van der Waals surface area contributed by atoms with Gasteiger partial charge in [0.25, 0.3) is 5.56 Å². The molecule has 0 fully saturated rings. The Bertz CT molecular complexity index is 864. The van der Waals surface area contributed by atoms with Crippen molar-refractivity contribution in [2.45, 2.75) is 39.8 Å². The summed E-state index contributed by atoms with van der Waals surface area (Å²) in [5, 5.41) is 4.82. The van der Waals surface area contributed by atoms with Gasteiger partial charge in [-0.3, -0.25) is 9.36 Å². The molecule has 0 N–H and O–H groups in total. The Kier molecular flexibility index (Phi) is 3.75. The molecule has 0 aliphatic rings. The summed E-state index contributed by atoms with van der Waals surface area (Å²) in [5.74, 6) is 0.761. The summed E-state index contributed by atoms with van der Waals surface area (Å²) >= 11 is 0. The first-order chi connectivity index (χ1) is 10.7. The van der Waals surface area contributed by atoms with Gasteiger partial charge in [0, 0.05) is 6.54 Å². The Balaban J connectivity index is 2.15. The highest BCUT2D eigenvalue weighted by Crippen LogP contribution is 2.16. The summed E-state index contributed by atoms with van der Waals surface area (Å²) in [6.07, 6.45) is 4.00. The van der Waals surface area contributed by atoms with E-state index in [0.29, 0.717) is 5.39 Å². The van der Waals surface area contributed by atoms with Crippen molar-refractivity contribution in [3.8, 4) is 0 Å². The molecule has 3 rings (SSSR count). The van der Waals surface area contributed by atoms with Crippen LogP contribution in [0.15, 0.2) is 35.6 Å². The molecule has 0 amide bonds. The average molecular weight is 297 g/mol. The van der Waals surface area contributed by atoms with Gasteiger partial charge in [-0.15, -0.1) is 0 Å². The molecule has 0 saturated carbocycles. The number of benzene rings is 1. The maximum absolute atomic E-state index is 12.8. The number of nitrogens with zero attached hydrogens (tertiary/aromatic N) is 5. The van der Waals surface area contributed by atoms with Gasteiger partial charge < -0.3 is 0 Å². The number of aromatic nitrogens is 5. The lowest BCUT2D eigenvalue weighted by Crippen LogP contribution is -2.26. The van der Waals surface area contributed by atoms with E-state index in [9.17, 15) is 4.79 Å². The van der Waals surface area contributed by atoms with Crippen molar-refractivity contribution < 1.29 is 0 Å². The highest BCUT2D eigenvalue weighted by atomic mass is 16.1. The topological polar surface area (TPSA) is 65.6 Å². The zero-order valence-corrected chi connectivity index (χ0v) is 13.0. The van der Waals surface area contributed by atoms with Crippen LogP contribution in [0.5, 0.6) is 0 Å². The molecule has 1 unspecified atom stereocenters. The number of rotatable bonds is 4. The zero-order valence-electron chi connectivity index (χ0n) is 13.0. The summed E-state index contributed by atoms with van der Waals surface area (Å²) in [4.78, 5) is 21.5. The van der Waals surface area contributed by atoms with Crippen LogP contribution in [-0.4, -0.2) is 24.3 Å². The van der Waals surface area contributed by atoms with Crippen molar-refractivity contribution >= 4 is 10.9 Å². The van der Waals surface area contributed by atoms with Crippen LogP contribution < -0.4 is 5.56 Å². The number of aryl methyl sites for hydroxylation is 2. The van der Waals surface area contributed by atoms with Crippen molar-refractivity contribution in [3.63, 3.8) is 0 Å². The highest BCUT2D eigenvalue weighted by molar-refractivity contribution is 5.78. The molecular weight excluding hydrogens is 278 g/mol. The Morgan fingerprint density at radius 2 is 2.05 bits per heavy atom. The van der Waals surface area contributed by atoms with Gasteiger partial charge in [-0.2, -0.15) is 5.10 Å². The first-order valence-corrected chi connectivity index (χ1v) is 7.53. The molecule has 0 saturated heterocycles. The quantitative estimate of drug-likeness (QED) is 0.740. The maximum atomic E-state index is 12.8. The molecule has 1 atom stereocenters. The van der Waals surface area contributed by atoms with Crippen LogP contribution in [0.2, 0.25) is 0 Å². The third kappa shape index (κ3) is 2.30. The molecule has 3 aromatic rings. The van der Waals surface area contributed by atoms with E-state index >= 15 is 0 Å². The molecule has 6 nitrogen and oxygen atoms in total. The molecule has 6 heteroatoms. The van der Waals surface area contributed by atoms with Crippen molar-refractivity contribution in [3.05, 3.63) is 52.6 Å². The maximum Gasteiger partial charge on any atom is 0.261 e. The van der Waals surface area contributed by atoms with Gasteiger partial charge in [0.05, 0.1) is 23.3 Å². The van der Waals surface area contributed by atoms with E-state index in [0.717, 1.165) is 29.9 Å². The van der Waals surface area contributed by atoms with Crippen molar-refractivity contribution in [2.24, 2.45) is 0 Å². The molecule has 22 heavy (non-hydrogen) atoms. The lowest BCUT2D eigenvalue weighted by Gasteiger charge is -2.15. The molecule has 0 aliphatic carbocycles. The van der Waals surface area contributed by atoms with Gasteiger partial charge in [0.1, 0.15) is 12.2 Å². The van der Waals surface area contributed by atoms with Crippen LogP contribution in [0.25, 0.3) is 10.9 Å². The van der Waals surface area contributed by atoms with Crippen LogP contribution in [0.4, 0.5) is 0 Å². The number of hydrogen-bond acceptors (Lipinski definition) is 4. The fourth-order valence-electron chi connectivity index (χ4n) is 2.64. The predicted octanol–water partition coefficient (Wildman–Crippen LogP) is 2.18. The second-order valence-corrected chi connectivity index (χ2v) is 5.27. The summed E-state index contributed by atoms with van der Waals surface area (Å²) in [7, 11) is 0. The largest absolute Gasteiger partial charge is 0.288 e. The van der Waals surface area contributed by atoms with E-state index < -0.39 is 0 Å². The standard InChI is InChI=1S/C16H19N5O/c1-4-12-6-7-14-13(8-12)16(22)20(10-18-14)11(3)15-17-9-19-21(15)5-2/h6-11H,4-5H2,1-3H3. The van der Waals surface area contributed by atoms with Gasteiger partial charge in [0.2, 0.25) is 0 Å². The van der Waals surface area contributed by atoms with Crippen LogP contribution in [0.1, 0.15) is 38.2 Å². The van der Waals surface area contributed by atoms with Gasteiger partial charge in [-0.25, -0.2) is 14.6 Å². The van der Waals surface area contributed by atoms with Crippen molar-refractivity contribution in [1.29, 1.82) is 0 Å². The van der Waals surface area contributed by atoms with Gasteiger partial charge in [-0.05, 0) is 38.0 Å². The monoisotopic (exact) mass is 297 g/mol. The van der Waals surface area contributed by atoms with E-state index in [1.165, 1.54) is 6.33 Å². The molecule has 2 aromatic heterocycles. The summed E-state index contributed by atoms with van der Waals surface area (Å²) < 4.78 is 3.42. The average Bonchev–Trinajstić information content (AvgIpc) is 3.03. The second-order valence-electron chi connectivity index (χ2n) is 5.27. The molecule has 0 aliphatic heterocycles. The summed E-state index contributed by atoms with van der Waals surface area (Å²) in [6, 6.07) is 5.63. The Labute approximate surface area is 128 Å². The predicted molar refractivity (Wildman–Crippen MR) is 84.9 cm³/mol. The Morgan fingerprint density at radius 3 is 2.77 bits per heavy atom. The van der Waals surface area contributed by atoms with Crippen LogP contribution in [-0.2, 0) is 13.0 Å². The smallest absolute Gasteiger partial charge is 0.261 e. The third-order valence-electron chi connectivity index (χ3n) is 3.99. The minimum Gasteiger partial charge on any atom is -0.288 e. The van der Waals surface area contributed by atoms with E-state index in [2.05, 4.69) is 22.0 Å². The second kappa shape index (κ2) is 5.71. The molecule has 1 aromatic carbocycles. The Morgan fingerprint density at radius 1 is 1.23 bits per heavy atom. The van der Waals surface area contributed by atoms with E-state index in [-0.39, 0.29) is 11.6 Å². The fourth-order valence-corrected chi connectivity index (χ4v) is 2.64.